The minimum absolute atomic E-state index is 0.141. The van der Waals surface area contributed by atoms with Crippen LogP contribution in [-0.4, -0.2) is 37.0 Å². The molecule has 0 saturated carbocycles. The van der Waals surface area contributed by atoms with E-state index in [-0.39, 0.29) is 5.91 Å². The summed E-state index contributed by atoms with van der Waals surface area (Å²) in [5.74, 6) is 0.141. The van der Waals surface area contributed by atoms with E-state index in [9.17, 15) is 4.79 Å². The average Bonchev–Trinajstić information content (AvgIpc) is 2.81. The lowest BCUT2D eigenvalue weighted by Crippen LogP contribution is -2.41. The van der Waals surface area contributed by atoms with Gasteiger partial charge in [-0.1, -0.05) is 29.3 Å². The Balaban J connectivity index is 2.04. The van der Waals surface area contributed by atoms with Gasteiger partial charge in [-0.15, -0.1) is 0 Å². The minimum atomic E-state index is 0.141. The smallest absolute Gasteiger partial charge is 0.227 e. The molecule has 104 valence electrons. The van der Waals surface area contributed by atoms with Crippen molar-refractivity contribution in [3.63, 3.8) is 0 Å². The highest BCUT2D eigenvalue weighted by molar-refractivity contribution is 6.35. The average molecular weight is 301 g/mol. The minimum Gasteiger partial charge on any atom is -0.338 e. The first kappa shape index (κ1) is 14.6. The SMILES string of the molecule is CNCC1CCCN1C(=O)Cc1ccc(Cl)cc1Cl. The Morgan fingerprint density at radius 2 is 2.26 bits per heavy atom. The third kappa shape index (κ3) is 3.62. The molecular formula is C14H18Cl2N2O. The van der Waals surface area contributed by atoms with Crippen molar-refractivity contribution in [3.05, 3.63) is 33.8 Å². The fraction of sp³-hybridized carbons (Fsp3) is 0.500. The zero-order chi connectivity index (χ0) is 13.8. The number of halogens is 2. The van der Waals surface area contributed by atoms with E-state index in [4.69, 9.17) is 23.2 Å². The molecule has 1 aromatic carbocycles. The van der Waals surface area contributed by atoms with Gasteiger partial charge < -0.3 is 10.2 Å². The van der Waals surface area contributed by atoms with Crippen molar-refractivity contribution in [3.8, 4) is 0 Å². The van der Waals surface area contributed by atoms with Gasteiger partial charge in [0.05, 0.1) is 6.42 Å². The number of carbonyl (C=O) groups is 1. The van der Waals surface area contributed by atoms with Gasteiger partial charge in [0.15, 0.2) is 0 Å². The molecule has 1 saturated heterocycles. The van der Waals surface area contributed by atoms with E-state index in [1.54, 1.807) is 12.1 Å². The zero-order valence-electron chi connectivity index (χ0n) is 11.0. The van der Waals surface area contributed by atoms with Crippen molar-refractivity contribution in [1.82, 2.24) is 10.2 Å². The third-order valence-electron chi connectivity index (χ3n) is 3.49. The van der Waals surface area contributed by atoms with E-state index in [1.165, 1.54) is 0 Å². The van der Waals surface area contributed by atoms with E-state index in [1.807, 2.05) is 18.0 Å². The van der Waals surface area contributed by atoms with Crippen LogP contribution < -0.4 is 5.32 Å². The molecule has 1 unspecified atom stereocenters. The van der Waals surface area contributed by atoms with Crippen LogP contribution in [-0.2, 0) is 11.2 Å². The Kier molecular flexibility index (Phi) is 5.08. The van der Waals surface area contributed by atoms with Gasteiger partial charge in [-0.05, 0) is 37.6 Å². The van der Waals surface area contributed by atoms with Crippen molar-refractivity contribution in [2.24, 2.45) is 0 Å². The summed E-state index contributed by atoms with van der Waals surface area (Å²) < 4.78 is 0. The van der Waals surface area contributed by atoms with E-state index < -0.39 is 0 Å². The van der Waals surface area contributed by atoms with Crippen molar-refractivity contribution in [2.45, 2.75) is 25.3 Å². The van der Waals surface area contributed by atoms with Crippen LogP contribution in [0.25, 0.3) is 0 Å². The molecule has 0 spiro atoms. The number of carbonyl (C=O) groups excluding carboxylic acids is 1. The predicted octanol–water partition coefficient (Wildman–Crippen LogP) is 2.75. The molecule has 1 fully saturated rings. The van der Waals surface area contributed by atoms with Crippen LogP contribution in [0.2, 0.25) is 10.0 Å². The largest absolute Gasteiger partial charge is 0.338 e. The monoisotopic (exact) mass is 300 g/mol. The Bertz CT molecular complexity index is 465. The summed E-state index contributed by atoms with van der Waals surface area (Å²) in [6.45, 7) is 1.69. The summed E-state index contributed by atoms with van der Waals surface area (Å²) in [6.07, 6.45) is 2.49. The van der Waals surface area contributed by atoms with Crippen LogP contribution >= 0.6 is 23.2 Å². The second-order valence-electron chi connectivity index (χ2n) is 4.85. The number of nitrogens with zero attached hydrogens (tertiary/aromatic N) is 1. The predicted molar refractivity (Wildman–Crippen MR) is 78.8 cm³/mol. The van der Waals surface area contributed by atoms with E-state index in [2.05, 4.69) is 5.32 Å². The molecule has 5 heteroatoms. The van der Waals surface area contributed by atoms with E-state index in [0.29, 0.717) is 22.5 Å². The molecule has 1 N–H and O–H groups in total. The lowest BCUT2D eigenvalue weighted by atomic mass is 10.1. The van der Waals surface area contributed by atoms with Gasteiger partial charge in [0.25, 0.3) is 0 Å². The lowest BCUT2D eigenvalue weighted by molar-refractivity contribution is -0.131. The molecule has 1 heterocycles. The first-order valence-corrected chi connectivity index (χ1v) is 7.25. The fourth-order valence-corrected chi connectivity index (χ4v) is 3.02. The van der Waals surface area contributed by atoms with Gasteiger partial charge in [-0.25, -0.2) is 0 Å². The Hall–Kier alpha value is -0.770. The van der Waals surface area contributed by atoms with Gasteiger partial charge in [-0.3, -0.25) is 4.79 Å². The first-order valence-electron chi connectivity index (χ1n) is 6.50. The molecule has 0 aliphatic carbocycles. The molecule has 0 bridgehead atoms. The third-order valence-corrected chi connectivity index (χ3v) is 4.08. The topological polar surface area (TPSA) is 32.3 Å². The number of likely N-dealkylation sites (tertiary alicyclic amines) is 1. The normalized spacial score (nSPS) is 18.9. The maximum absolute atomic E-state index is 12.3. The lowest BCUT2D eigenvalue weighted by Gasteiger charge is -2.24. The zero-order valence-corrected chi connectivity index (χ0v) is 12.5. The van der Waals surface area contributed by atoms with Crippen LogP contribution in [0.15, 0.2) is 18.2 Å². The first-order chi connectivity index (χ1) is 9.11. The van der Waals surface area contributed by atoms with Gasteiger partial charge >= 0.3 is 0 Å². The standard InChI is InChI=1S/C14H18Cl2N2O/c1-17-9-12-3-2-6-18(12)14(19)7-10-4-5-11(15)8-13(10)16/h4-5,8,12,17H,2-3,6-7,9H2,1H3. The van der Waals surface area contributed by atoms with E-state index in [0.717, 1.165) is 31.5 Å². The Morgan fingerprint density at radius 1 is 1.47 bits per heavy atom. The summed E-state index contributed by atoms with van der Waals surface area (Å²) in [6, 6.07) is 5.58. The molecule has 0 radical (unpaired) electrons. The fourth-order valence-electron chi connectivity index (χ4n) is 2.54. The molecule has 1 aliphatic rings. The number of benzene rings is 1. The summed E-state index contributed by atoms with van der Waals surface area (Å²) in [5, 5.41) is 4.29. The Morgan fingerprint density at radius 3 is 2.95 bits per heavy atom. The quantitative estimate of drug-likeness (QED) is 0.927. The van der Waals surface area contributed by atoms with Crippen molar-refractivity contribution >= 4 is 29.1 Å². The molecule has 0 aromatic heterocycles. The van der Waals surface area contributed by atoms with Crippen LogP contribution in [0.1, 0.15) is 18.4 Å². The summed E-state index contributed by atoms with van der Waals surface area (Å²) in [7, 11) is 1.91. The summed E-state index contributed by atoms with van der Waals surface area (Å²) >= 11 is 12.0. The highest BCUT2D eigenvalue weighted by atomic mass is 35.5. The van der Waals surface area contributed by atoms with Crippen molar-refractivity contribution in [2.75, 3.05) is 20.1 Å². The number of likely N-dealkylation sites (N-methyl/N-ethyl adjacent to an activating group) is 1. The van der Waals surface area contributed by atoms with Crippen LogP contribution in [0.4, 0.5) is 0 Å². The number of hydrogen-bond acceptors (Lipinski definition) is 2. The number of hydrogen-bond donors (Lipinski definition) is 1. The summed E-state index contributed by atoms with van der Waals surface area (Å²) in [5.41, 5.74) is 0.839. The second-order valence-corrected chi connectivity index (χ2v) is 5.70. The molecule has 19 heavy (non-hydrogen) atoms. The number of nitrogens with one attached hydrogen (secondary N) is 1. The number of amides is 1. The summed E-state index contributed by atoms with van der Waals surface area (Å²) in [4.78, 5) is 14.3. The second kappa shape index (κ2) is 6.60. The molecule has 2 rings (SSSR count). The highest BCUT2D eigenvalue weighted by Gasteiger charge is 2.28. The maximum atomic E-state index is 12.3. The molecule has 3 nitrogen and oxygen atoms in total. The van der Waals surface area contributed by atoms with Crippen molar-refractivity contribution in [1.29, 1.82) is 0 Å². The van der Waals surface area contributed by atoms with Crippen LogP contribution in [0.3, 0.4) is 0 Å². The highest BCUT2D eigenvalue weighted by Crippen LogP contribution is 2.23. The molecule has 1 atom stereocenters. The Labute approximate surface area is 123 Å². The van der Waals surface area contributed by atoms with Gasteiger partial charge in [0.1, 0.15) is 0 Å². The van der Waals surface area contributed by atoms with Crippen molar-refractivity contribution < 1.29 is 4.79 Å². The maximum Gasteiger partial charge on any atom is 0.227 e. The molecule has 1 amide bonds. The van der Waals surface area contributed by atoms with Gasteiger partial charge in [0, 0.05) is 29.2 Å². The number of rotatable bonds is 4. The molecular weight excluding hydrogens is 283 g/mol. The van der Waals surface area contributed by atoms with Gasteiger partial charge in [0.2, 0.25) is 5.91 Å². The van der Waals surface area contributed by atoms with Gasteiger partial charge in [-0.2, -0.15) is 0 Å². The molecule has 1 aliphatic heterocycles. The van der Waals surface area contributed by atoms with E-state index >= 15 is 0 Å². The van der Waals surface area contributed by atoms with Crippen LogP contribution in [0.5, 0.6) is 0 Å². The molecule has 1 aromatic rings. The van der Waals surface area contributed by atoms with Crippen LogP contribution in [0, 0.1) is 0 Å².